The zero-order valence-corrected chi connectivity index (χ0v) is 20.4. The van der Waals surface area contributed by atoms with E-state index in [1.807, 2.05) is 40.1 Å². The molecule has 1 atom stereocenters. The van der Waals surface area contributed by atoms with Crippen LogP contribution in [0.4, 0.5) is 0 Å². The highest BCUT2D eigenvalue weighted by Gasteiger charge is 2.32. The number of ether oxygens (including phenoxy) is 2. The number of rotatable bonds is 7. The van der Waals surface area contributed by atoms with Gasteiger partial charge in [-0.1, -0.05) is 30.3 Å². The van der Waals surface area contributed by atoms with E-state index in [0.29, 0.717) is 19.6 Å². The van der Waals surface area contributed by atoms with Crippen molar-refractivity contribution in [3.8, 4) is 11.5 Å². The molecule has 2 amide bonds. The smallest absolute Gasteiger partial charge is 0.227 e. The molecule has 35 heavy (non-hydrogen) atoms. The van der Waals surface area contributed by atoms with E-state index in [2.05, 4.69) is 23.1 Å². The van der Waals surface area contributed by atoms with Gasteiger partial charge in [-0.05, 0) is 42.2 Å². The molecule has 186 valence electrons. The summed E-state index contributed by atoms with van der Waals surface area (Å²) in [4.78, 5) is 32.3. The third-order valence-corrected chi connectivity index (χ3v) is 7.30. The first-order valence-electron chi connectivity index (χ1n) is 12.9. The zero-order valence-electron chi connectivity index (χ0n) is 20.4. The molecule has 5 rings (SSSR count). The summed E-state index contributed by atoms with van der Waals surface area (Å²) in [6.07, 6.45) is 3.07. The quantitative estimate of drug-likeness (QED) is 0.614. The summed E-state index contributed by atoms with van der Waals surface area (Å²) >= 11 is 0. The average Bonchev–Trinajstić information content (AvgIpc) is 3.37. The second-order valence-corrected chi connectivity index (χ2v) is 9.73. The largest absolute Gasteiger partial charge is 0.493 e. The van der Waals surface area contributed by atoms with Gasteiger partial charge in [0, 0.05) is 52.2 Å². The van der Waals surface area contributed by atoms with Crippen LogP contribution in [-0.2, 0) is 22.6 Å². The predicted octanol–water partition coefficient (Wildman–Crippen LogP) is 2.97. The highest BCUT2D eigenvalue weighted by Crippen LogP contribution is 2.27. The molecule has 3 aliphatic heterocycles. The van der Waals surface area contributed by atoms with Gasteiger partial charge in [0.1, 0.15) is 11.5 Å². The van der Waals surface area contributed by atoms with Gasteiger partial charge in [0.05, 0.1) is 25.6 Å². The molecule has 7 heteroatoms. The van der Waals surface area contributed by atoms with E-state index < -0.39 is 0 Å². The van der Waals surface area contributed by atoms with Gasteiger partial charge >= 0.3 is 0 Å². The predicted molar refractivity (Wildman–Crippen MR) is 133 cm³/mol. The second-order valence-electron chi connectivity index (χ2n) is 9.73. The lowest BCUT2D eigenvalue weighted by molar-refractivity contribution is -0.142. The lowest BCUT2D eigenvalue weighted by atomic mass is 9.96. The molecule has 2 saturated heterocycles. The van der Waals surface area contributed by atoms with Crippen LogP contribution in [0, 0.1) is 5.92 Å². The van der Waals surface area contributed by atoms with Crippen molar-refractivity contribution in [3.63, 3.8) is 0 Å². The molecule has 2 aromatic carbocycles. The number of nitrogens with zero attached hydrogens (tertiary/aromatic N) is 3. The Morgan fingerprint density at radius 3 is 2.63 bits per heavy atom. The van der Waals surface area contributed by atoms with Crippen molar-refractivity contribution >= 4 is 11.8 Å². The monoisotopic (exact) mass is 477 g/mol. The fourth-order valence-electron chi connectivity index (χ4n) is 5.32. The number of carbonyl (C=O) groups is 2. The van der Waals surface area contributed by atoms with E-state index in [9.17, 15) is 9.59 Å². The first-order chi connectivity index (χ1) is 17.2. The standard InChI is InChI=1S/C28H35N3O4/c32-27(11-18-34-25-6-2-1-3-7-25)31-12-4-5-24(21-31)28(33)30-15-13-29(14-16-30)20-22-8-9-26-23(19-22)10-17-35-26/h1-3,6-9,19,24H,4-5,10-18,20-21H2. The minimum atomic E-state index is -0.0917. The Balaban J connectivity index is 1.06. The molecule has 0 radical (unpaired) electrons. The lowest BCUT2D eigenvalue weighted by Crippen LogP contribution is -2.52. The molecular weight excluding hydrogens is 442 g/mol. The fourth-order valence-corrected chi connectivity index (χ4v) is 5.32. The number of fused-ring (bicyclic) bond motifs is 1. The van der Waals surface area contributed by atoms with Crippen molar-refractivity contribution in [2.24, 2.45) is 5.92 Å². The van der Waals surface area contributed by atoms with Gasteiger partial charge in [-0.15, -0.1) is 0 Å². The fraction of sp³-hybridized carbons (Fsp3) is 0.500. The Hall–Kier alpha value is -3.06. The lowest BCUT2D eigenvalue weighted by Gasteiger charge is -2.39. The second kappa shape index (κ2) is 11.1. The van der Waals surface area contributed by atoms with Crippen LogP contribution in [0.25, 0.3) is 0 Å². The first-order valence-corrected chi connectivity index (χ1v) is 12.9. The van der Waals surface area contributed by atoms with Gasteiger partial charge < -0.3 is 19.3 Å². The van der Waals surface area contributed by atoms with Crippen molar-refractivity contribution < 1.29 is 19.1 Å². The number of likely N-dealkylation sites (tertiary alicyclic amines) is 1. The molecule has 0 saturated carbocycles. The van der Waals surface area contributed by atoms with Gasteiger partial charge in [-0.25, -0.2) is 0 Å². The van der Waals surface area contributed by atoms with Crippen molar-refractivity contribution in [2.45, 2.75) is 32.2 Å². The molecule has 0 bridgehead atoms. The molecule has 3 aliphatic rings. The van der Waals surface area contributed by atoms with Gasteiger partial charge in [-0.2, -0.15) is 0 Å². The van der Waals surface area contributed by atoms with E-state index >= 15 is 0 Å². The molecule has 0 aromatic heterocycles. The van der Waals surface area contributed by atoms with E-state index in [-0.39, 0.29) is 17.7 Å². The molecule has 0 spiro atoms. The van der Waals surface area contributed by atoms with E-state index in [1.165, 1.54) is 11.1 Å². The summed E-state index contributed by atoms with van der Waals surface area (Å²) in [6, 6.07) is 16.0. The van der Waals surface area contributed by atoms with Gasteiger partial charge in [0.2, 0.25) is 11.8 Å². The number of hydrogen-bond acceptors (Lipinski definition) is 5. The van der Waals surface area contributed by atoms with Crippen LogP contribution in [-0.4, -0.2) is 79.0 Å². The summed E-state index contributed by atoms with van der Waals surface area (Å²) in [5.74, 6) is 1.98. The maximum Gasteiger partial charge on any atom is 0.227 e. The summed E-state index contributed by atoms with van der Waals surface area (Å²) in [6.45, 7) is 6.57. The molecule has 2 fully saturated rings. The van der Waals surface area contributed by atoms with Crippen molar-refractivity contribution in [2.75, 3.05) is 52.5 Å². The van der Waals surface area contributed by atoms with Gasteiger partial charge in [0.25, 0.3) is 0 Å². The zero-order chi connectivity index (χ0) is 24.0. The number of benzene rings is 2. The summed E-state index contributed by atoms with van der Waals surface area (Å²) in [7, 11) is 0. The summed E-state index contributed by atoms with van der Waals surface area (Å²) < 4.78 is 11.3. The first kappa shape index (κ1) is 23.7. The molecule has 2 aromatic rings. The highest BCUT2D eigenvalue weighted by atomic mass is 16.5. The normalized spacial score (nSPS) is 20.3. The third-order valence-electron chi connectivity index (χ3n) is 7.30. The van der Waals surface area contributed by atoms with E-state index in [4.69, 9.17) is 9.47 Å². The van der Waals surface area contributed by atoms with Crippen LogP contribution >= 0.6 is 0 Å². The molecule has 0 N–H and O–H groups in total. The number of carbonyl (C=O) groups excluding carboxylic acids is 2. The molecular formula is C28H35N3O4. The van der Waals surface area contributed by atoms with E-state index in [0.717, 1.165) is 76.6 Å². The topological polar surface area (TPSA) is 62.3 Å². The van der Waals surface area contributed by atoms with Crippen LogP contribution in [0.3, 0.4) is 0 Å². The molecule has 0 aliphatic carbocycles. The van der Waals surface area contributed by atoms with Crippen LogP contribution in [0.1, 0.15) is 30.4 Å². The highest BCUT2D eigenvalue weighted by molar-refractivity contribution is 5.81. The molecule has 1 unspecified atom stereocenters. The van der Waals surface area contributed by atoms with E-state index in [1.54, 1.807) is 0 Å². The maximum absolute atomic E-state index is 13.2. The Bertz CT molecular complexity index is 1020. The Labute approximate surface area is 207 Å². The summed E-state index contributed by atoms with van der Waals surface area (Å²) in [5.41, 5.74) is 2.62. The Kier molecular flexibility index (Phi) is 7.52. The third kappa shape index (κ3) is 5.96. The maximum atomic E-state index is 13.2. The number of piperazine rings is 1. The van der Waals surface area contributed by atoms with Crippen LogP contribution in [0.5, 0.6) is 11.5 Å². The number of piperidine rings is 1. The minimum Gasteiger partial charge on any atom is -0.493 e. The number of hydrogen-bond donors (Lipinski definition) is 0. The van der Waals surface area contributed by atoms with Crippen LogP contribution in [0.2, 0.25) is 0 Å². The van der Waals surface area contributed by atoms with Crippen LogP contribution < -0.4 is 9.47 Å². The van der Waals surface area contributed by atoms with Crippen molar-refractivity contribution in [1.29, 1.82) is 0 Å². The molecule has 3 heterocycles. The van der Waals surface area contributed by atoms with Crippen molar-refractivity contribution in [1.82, 2.24) is 14.7 Å². The number of para-hydroxylation sites is 1. The van der Waals surface area contributed by atoms with Crippen LogP contribution in [0.15, 0.2) is 48.5 Å². The molecule has 7 nitrogen and oxygen atoms in total. The Morgan fingerprint density at radius 1 is 0.971 bits per heavy atom. The summed E-state index contributed by atoms with van der Waals surface area (Å²) in [5, 5.41) is 0. The number of amides is 2. The average molecular weight is 478 g/mol. The Morgan fingerprint density at radius 2 is 1.80 bits per heavy atom. The van der Waals surface area contributed by atoms with Gasteiger partial charge in [-0.3, -0.25) is 14.5 Å². The van der Waals surface area contributed by atoms with Crippen molar-refractivity contribution in [3.05, 3.63) is 59.7 Å². The van der Waals surface area contributed by atoms with Gasteiger partial charge in [0.15, 0.2) is 0 Å². The SMILES string of the molecule is O=C(CCOc1ccccc1)N1CCCC(C(=O)N2CCN(Cc3ccc4c(c3)CCO4)CC2)C1. The minimum absolute atomic E-state index is 0.0722.